The predicted molar refractivity (Wildman–Crippen MR) is 126 cm³/mol. The van der Waals surface area contributed by atoms with Crippen molar-refractivity contribution >= 4 is 11.8 Å². The molecule has 0 amide bonds. The van der Waals surface area contributed by atoms with Gasteiger partial charge in [-0.2, -0.15) is 0 Å². The first-order valence-corrected chi connectivity index (χ1v) is 11.2. The SMILES string of the molecule is COc1cc(C)c(OC)c(OC)c1C(SCC(C)c1ccccc1)c1ccccc1. The van der Waals surface area contributed by atoms with Crippen molar-refractivity contribution in [3.05, 3.63) is 89.0 Å². The minimum atomic E-state index is 0.0526. The fraction of sp³-hybridized carbons (Fsp3) is 0.308. The van der Waals surface area contributed by atoms with E-state index in [4.69, 9.17) is 14.2 Å². The number of methoxy groups -OCH3 is 3. The molecular weight excluding hydrogens is 392 g/mol. The first-order chi connectivity index (χ1) is 14.6. The molecule has 3 nitrogen and oxygen atoms in total. The van der Waals surface area contributed by atoms with Gasteiger partial charge in [-0.15, -0.1) is 11.8 Å². The van der Waals surface area contributed by atoms with Crippen molar-refractivity contribution in [1.29, 1.82) is 0 Å². The van der Waals surface area contributed by atoms with Crippen LogP contribution in [0.2, 0.25) is 0 Å². The Kier molecular flexibility index (Phi) is 7.69. The van der Waals surface area contributed by atoms with Crippen LogP contribution in [-0.2, 0) is 0 Å². The molecule has 0 bridgehead atoms. The number of hydrogen-bond acceptors (Lipinski definition) is 4. The molecule has 0 saturated carbocycles. The standard InChI is InChI=1S/C26H30O3S/c1-18-16-22(27-3)23(25(29-5)24(18)28-4)26(21-14-10-7-11-15-21)30-17-19(2)20-12-8-6-9-13-20/h6-16,19,26H,17H2,1-5H3. The Bertz CT molecular complexity index is 941. The molecule has 2 atom stereocenters. The molecule has 0 saturated heterocycles. The first kappa shape index (κ1) is 22.1. The molecule has 3 aromatic rings. The van der Waals surface area contributed by atoms with E-state index < -0.39 is 0 Å². The van der Waals surface area contributed by atoms with Gasteiger partial charge in [-0.25, -0.2) is 0 Å². The quantitative estimate of drug-likeness (QED) is 0.386. The van der Waals surface area contributed by atoms with Crippen molar-refractivity contribution in [2.45, 2.75) is 25.0 Å². The molecule has 0 heterocycles. The van der Waals surface area contributed by atoms with Crippen LogP contribution in [0.5, 0.6) is 17.2 Å². The normalized spacial score (nSPS) is 12.8. The Labute approximate surface area is 184 Å². The molecule has 2 unspecified atom stereocenters. The fourth-order valence-electron chi connectivity index (χ4n) is 3.72. The molecule has 0 radical (unpaired) electrons. The van der Waals surface area contributed by atoms with Crippen LogP contribution in [0.25, 0.3) is 0 Å². The van der Waals surface area contributed by atoms with Gasteiger partial charge in [0.2, 0.25) is 0 Å². The highest BCUT2D eigenvalue weighted by Gasteiger charge is 2.28. The van der Waals surface area contributed by atoms with Crippen molar-refractivity contribution in [3.63, 3.8) is 0 Å². The van der Waals surface area contributed by atoms with E-state index in [9.17, 15) is 0 Å². The van der Waals surface area contributed by atoms with Gasteiger partial charge < -0.3 is 14.2 Å². The lowest BCUT2D eigenvalue weighted by Crippen LogP contribution is -2.08. The number of benzene rings is 3. The van der Waals surface area contributed by atoms with Gasteiger partial charge in [0.15, 0.2) is 11.5 Å². The molecule has 158 valence electrons. The van der Waals surface area contributed by atoms with Gasteiger partial charge in [0.05, 0.1) is 32.1 Å². The van der Waals surface area contributed by atoms with Gasteiger partial charge in [-0.1, -0.05) is 67.6 Å². The lowest BCUT2D eigenvalue weighted by molar-refractivity contribution is 0.342. The van der Waals surface area contributed by atoms with Gasteiger partial charge in [0, 0.05) is 5.75 Å². The van der Waals surface area contributed by atoms with E-state index in [1.807, 2.05) is 30.8 Å². The fourth-order valence-corrected chi connectivity index (χ4v) is 5.13. The van der Waals surface area contributed by atoms with Crippen molar-refractivity contribution in [1.82, 2.24) is 0 Å². The minimum Gasteiger partial charge on any atom is -0.496 e. The van der Waals surface area contributed by atoms with Crippen LogP contribution in [-0.4, -0.2) is 27.1 Å². The Morgan fingerprint density at radius 1 is 0.767 bits per heavy atom. The maximum absolute atomic E-state index is 5.87. The zero-order valence-corrected chi connectivity index (χ0v) is 19.2. The number of rotatable bonds is 9. The summed E-state index contributed by atoms with van der Waals surface area (Å²) in [5, 5.41) is 0.0526. The summed E-state index contributed by atoms with van der Waals surface area (Å²) in [6, 6.07) is 23.2. The molecule has 4 heteroatoms. The van der Waals surface area contributed by atoms with E-state index in [-0.39, 0.29) is 5.25 Å². The van der Waals surface area contributed by atoms with E-state index in [1.54, 1.807) is 21.3 Å². The van der Waals surface area contributed by atoms with E-state index in [1.165, 1.54) is 11.1 Å². The van der Waals surface area contributed by atoms with Gasteiger partial charge in [0.25, 0.3) is 0 Å². The number of ether oxygens (including phenoxy) is 3. The van der Waals surface area contributed by atoms with E-state index in [2.05, 4.69) is 61.5 Å². The van der Waals surface area contributed by atoms with Crippen LogP contribution >= 0.6 is 11.8 Å². The van der Waals surface area contributed by atoms with Crippen LogP contribution in [0.3, 0.4) is 0 Å². The average molecular weight is 423 g/mol. The molecule has 0 spiro atoms. The highest BCUT2D eigenvalue weighted by molar-refractivity contribution is 7.99. The molecule has 0 aliphatic carbocycles. The molecule has 0 aliphatic heterocycles. The molecule has 0 fully saturated rings. The maximum atomic E-state index is 5.87. The number of hydrogen-bond donors (Lipinski definition) is 0. The van der Waals surface area contributed by atoms with Crippen LogP contribution in [0, 0.1) is 6.92 Å². The second-order valence-corrected chi connectivity index (χ2v) is 8.45. The number of aryl methyl sites for hydroxylation is 1. The summed E-state index contributed by atoms with van der Waals surface area (Å²) in [5.41, 5.74) is 4.56. The largest absolute Gasteiger partial charge is 0.496 e. The Hall–Kier alpha value is -2.59. The maximum Gasteiger partial charge on any atom is 0.169 e. The highest BCUT2D eigenvalue weighted by Crippen LogP contribution is 2.50. The molecule has 3 aromatic carbocycles. The molecule has 0 aliphatic rings. The molecule has 30 heavy (non-hydrogen) atoms. The van der Waals surface area contributed by atoms with Crippen LogP contribution in [0.15, 0.2) is 66.7 Å². The summed E-state index contributed by atoms with van der Waals surface area (Å²) >= 11 is 1.90. The van der Waals surface area contributed by atoms with Gasteiger partial charge in [0.1, 0.15) is 5.75 Å². The van der Waals surface area contributed by atoms with E-state index in [0.29, 0.717) is 5.92 Å². The van der Waals surface area contributed by atoms with Crippen molar-refractivity contribution in [2.75, 3.05) is 27.1 Å². The van der Waals surface area contributed by atoms with Gasteiger partial charge in [-0.3, -0.25) is 0 Å². The summed E-state index contributed by atoms with van der Waals surface area (Å²) in [6.45, 7) is 4.28. The summed E-state index contributed by atoms with van der Waals surface area (Å²) < 4.78 is 17.4. The van der Waals surface area contributed by atoms with E-state index >= 15 is 0 Å². The van der Waals surface area contributed by atoms with Crippen molar-refractivity contribution in [2.24, 2.45) is 0 Å². The lowest BCUT2D eigenvalue weighted by atomic mass is 9.99. The predicted octanol–water partition coefficient (Wildman–Crippen LogP) is 6.65. The van der Waals surface area contributed by atoms with Crippen LogP contribution in [0.4, 0.5) is 0 Å². The summed E-state index contributed by atoms with van der Waals surface area (Å²) in [6.07, 6.45) is 0. The van der Waals surface area contributed by atoms with Crippen molar-refractivity contribution in [3.8, 4) is 17.2 Å². The smallest absolute Gasteiger partial charge is 0.169 e. The van der Waals surface area contributed by atoms with Crippen LogP contribution < -0.4 is 14.2 Å². The Morgan fingerprint density at radius 3 is 1.87 bits per heavy atom. The van der Waals surface area contributed by atoms with Crippen molar-refractivity contribution < 1.29 is 14.2 Å². The average Bonchev–Trinajstić information content (AvgIpc) is 2.80. The zero-order valence-electron chi connectivity index (χ0n) is 18.3. The molecule has 0 aromatic heterocycles. The van der Waals surface area contributed by atoms with Crippen LogP contribution in [0.1, 0.15) is 40.3 Å². The Balaban J connectivity index is 2.05. The zero-order chi connectivity index (χ0) is 21.5. The lowest BCUT2D eigenvalue weighted by Gasteiger charge is -2.26. The second kappa shape index (κ2) is 10.4. The Morgan fingerprint density at radius 2 is 1.33 bits per heavy atom. The second-order valence-electron chi connectivity index (χ2n) is 7.31. The minimum absolute atomic E-state index is 0.0526. The molecular formula is C26H30O3S. The molecule has 0 N–H and O–H groups in total. The first-order valence-electron chi connectivity index (χ1n) is 10.1. The third-order valence-electron chi connectivity index (χ3n) is 5.30. The summed E-state index contributed by atoms with van der Waals surface area (Å²) in [5.74, 6) is 3.70. The topological polar surface area (TPSA) is 27.7 Å². The number of thioether (sulfide) groups is 1. The van der Waals surface area contributed by atoms with E-state index in [0.717, 1.165) is 34.1 Å². The third kappa shape index (κ3) is 4.76. The summed E-state index contributed by atoms with van der Waals surface area (Å²) in [7, 11) is 5.09. The molecule has 3 rings (SSSR count). The summed E-state index contributed by atoms with van der Waals surface area (Å²) in [4.78, 5) is 0. The highest BCUT2D eigenvalue weighted by atomic mass is 32.2. The van der Waals surface area contributed by atoms with Gasteiger partial charge in [-0.05, 0) is 35.6 Å². The monoisotopic (exact) mass is 422 g/mol. The third-order valence-corrected chi connectivity index (χ3v) is 6.83. The van der Waals surface area contributed by atoms with Gasteiger partial charge >= 0.3 is 0 Å².